The molecule has 0 saturated carbocycles. The number of hydrogen-bond donors (Lipinski definition) is 1. The predicted molar refractivity (Wildman–Crippen MR) is 58.8 cm³/mol. The zero-order chi connectivity index (χ0) is 13.7. The molecule has 5 nitrogen and oxygen atoms in total. The van der Waals surface area contributed by atoms with Gasteiger partial charge >= 0.3 is 5.97 Å². The number of amides is 1. The summed E-state index contributed by atoms with van der Waals surface area (Å²) in [7, 11) is 0. The molecule has 98 valence electrons. The second-order valence-electron chi connectivity index (χ2n) is 3.47. The number of aromatic carboxylic acids is 1. The first kappa shape index (κ1) is 14.0. The second kappa shape index (κ2) is 6.04. The Morgan fingerprint density at radius 3 is 2.50 bits per heavy atom. The molecule has 1 N–H and O–H groups in total. The van der Waals surface area contributed by atoms with Crippen LogP contribution in [0.2, 0.25) is 0 Å². The largest absolute Gasteiger partial charge is 0.477 e. The number of carbonyl (C=O) groups excluding carboxylic acids is 1. The maximum atomic E-state index is 12.2. The fourth-order valence-corrected chi connectivity index (χ4v) is 1.35. The summed E-state index contributed by atoms with van der Waals surface area (Å²) in [6.07, 6.45) is -1.54. The molecule has 7 heteroatoms. The van der Waals surface area contributed by atoms with Crippen molar-refractivity contribution in [1.29, 1.82) is 0 Å². The van der Waals surface area contributed by atoms with E-state index in [1.807, 2.05) is 0 Å². The first-order chi connectivity index (χ1) is 8.45. The number of nitrogens with zero attached hydrogens (tertiary/aromatic N) is 2. The number of carboxylic acids is 1. The van der Waals surface area contributed by atoms with E-state index in [-0.39, 0.29) is 17.8 Å². The van der Waals surface area contributed by atoms with Crippen molar-refractivity contribution in [1.82, 2.24) is 9.88 Å². The van der Waals surface area contributed by atoms with Gasteiger partial charge in [-0.2, -0.15) is 0 Å². The molecule has 1 heterocycles. The number of carboxylic acid groups (broad SMARTS) is 1. The summed E-state index contributed by atoms with van der Waals surface area (Å²) in [5.41, 5.74) is -0.119. The highest BCUT2D eigenvalue weighted by Crippen LogP contribution is 2.07. The van der Waals surface area contributed by atoms with Crippen LogP contribution in [0, 0.1) is 0 Å². The summed E-state index contributed by atoms with van der Waals surface area (Å²) in [4.78, 5) is 26.9. The molecule has 0 aromatic carbocycles. The lowest BCUT2D eigenvalue weighted by Gasteiger charge is -2.20. The topological polar surface area (TPSA) is 70.5 Å². The van der Waals surface area contributed by atoms with Gasteiger partial charge in [0.2, 0.25) is 0 Å². The zero-order valence-corrected chi connectivity index (χ0v) is 9.64. The molecule has 0 aliphatic carbocycles. The fraction of sp³-hybridized carbons (Fsp3) is 0.364. The second-order valence-corrected chi connectivity index (χ2v) is 3.47. The lowest BCUT2D eigenvalue weighted by atomic mass is 10.2. The van der Waals surface area contributed by atoms with Crippen LogP contribution in [0.5, 0.6) is 0 Å². The number of hydrogen-bond acceptors (Lipinski definition) is 3. The number of alkyl halides is 2. The minimum atomic E-state index is -2.61. The van der Waals surface area contributed by atoms with Gasteiger partial charge in [0.1, 0.15) is 5.69 Å². The monoisotopic (exact) mass is 258 g/mol. The lowest BCUT2D eigenvalue weighted by molar-refractivity contribution is 0.0568. The fourth-order valence-electron chi connectivity index (χ4n) is 1.35. The van der Waals surface area contributed by atoms with Gasteiger partial charge in [0.15, 0.2) is 0 Å². The first-order valence-electron chi connectivity index (χ1n) is 5.22. The molecule has 0 saturated heterocycles. The maximum absolute atomic E-state index is 12.2. The molecule has 0 aliphatic heterocycles. The Kier molecular flexibility index (Phi) is 4.70. The van der Waals surface area contributed by atoms with E-state index in [0.29, 0.717) is 0 Å². The number of aromatic nitrogens is 1. The van der Waals surface area contributed by atoms with Gasteiger partial charge in [0, 0.05) is 12.7 Å². The van der Waals surface area contributed by atoms with Crippen molar-refractivity contribution in [3.63, 3.8) is 0 Å². The van der Waals surface area contributed by atoms with Crippen molar-refractivity contribution in [2.45, 2.75) is 13.3 Å². The molecule has 1 aromatic rings. The lowest BCUT2D eigenvalue weighted by Crippen LogP contribution is -2.35. The van der Waals surface area contributed by atoms with Crippen molar-refractivity contribution in [3.8, 4) is 0 Å². The van der Waals surface area contributed by atoms with Gasteiger partial charge in [0.05, 0.1) is 12.1 Å². The summed E-state index contributed by atoms with van der Waals surface area (Å²) in [6, 6.07) is 2.42. The van der Waals surface area contributed by atoms with Crippen LogP contribution in [0.1, 0.15) is 27.8 Å². The van der Waals surface area contributed by atoms with E-state index in [1.165, 1.54) is 6.07 Å². The standard InChI is InChI=1S/C11H12F2N2O3/c1-2-15(6-9(12)13)10(16)7-3-4-8(11(17)18)14-5-7/h3-5,9H,2,6H2,1H3,(H,17,18). The molecule has 0 unspecified atom stereocenters. The highest BCUT2D eigenvalue weighted by atomic mass is 19.3. The molecule has 0 spiro atoms. The smallest absolute Gasteiger partial charge is 0.354 e. The Hall–Kier alpha value is -2.05. The van der Waals surface area contributed by atoms with Crippen LogP contribution in [-0.4, -0.2) is 46.4 Å². The van der Waals surface area contributed by atoms with Crippen LogP contribution in [0.4, 0.5) is 8.78 Å². The molecular weight excluding hydrogens is 246 g/mol. The molecule has 0 aliphatic rings. The molecule has 0 atom stereocenters. The quantitative estimate of drug-likeness (QED) is 0.869. The average molecular weight is 258 g/mol. The molecule has 1 amide bonds. The third-order valence-corrected chi connectivity index (χ3v) is 2.26. The molecule has 18 heavy (non-hydrogen) atoms. The number of pyridine rings is 1. The van der Waals surface area contributed by atoms with Gasteiger partial charge in [-0.1, -0.05) is 0 Å². The zero-order valence-electron chi connectivity index (χ0n) is 9.64. The van der Waals surface area contributed by atoms with Crippen LogP contribution < -0.4 is 0 Å². The van der Waals surface area contributed by atoms with Gasteiger partial charge in [-0.3, -0.25) is 4.79 Å². The molecule has 0 radical (unpaired) electrons. The van der Waals surface area contributed by atoms with Gasteiger partial charge < -0.3 is 10.0 Å². The van der Waals surface area contributed by atoms with Crippen LogP contribution >= 0.6 is 0 Å². The number of rotatable bonds is 5. The molecule has 0 bridgehead atoms. The summed E-state index contributed by atoms with van der Waals surface area (Å²) in [5.74, 6) is -1.81. The van der Waals surface area contributed by atoms with Crippen LogP contribution in [0.25, 0.3) is 0 Å². The predicted octanol–water partition coefficient (Wildman–Crippen LogP) is 1.51. The minimum absolute atomic E-state index is 0.0856. The highest BCUT2D eigenvalue weighted by Gasteiger charge is 2.18. The summed E-state index contributed by atoms with van der Waals surface area (Å²) in [6.45, 7) is 1.07. The third-order valence-electron chi connectivity index (χ3n) is 2.26. The van der Waals surface area contributed by atoms with E-state index < -0.39 is 24.8 Å². The van der Waals surface area contributed by atoms with Gasteiger partial charge in [0.25, 0.3) is 12.3 Å². The third kappa shape index (κ3) is 3.47. The Morgan fingerprint density at radius 2 is 2.11 bits per heavy atom. The number of halogens is 2. The van der Waals surface area contributed by atoms with Gasteiger partial charge in [-0.05, 0) is 19.1 Å². The van der Waals surface area contributed by atoms with Crippen molar-refractivity contribution in [3.05, 3.63) is 29.6 Å². The van der Waals surface area contributed by atoms with E-state index in [0.717, 1.165) is 17.2 Å². The summed E-state index contributed by atoms with van der Waals surface area (Å²) < 4.78 is 24.5. The molecule has 1 aromatic heterocycles. The highest BCUT2D eigenvalue weighted by molar-refractivity contribution is 5.94. The average Bonchev–Trinajstić information content (AvgIpc) is 2.35. The van der Waals surface area contributed by atoms with Gasteiger partial charge in [-0.15, -0.1) is 0 Å². The molecule has 0 fully saturated rings. The number of carbonyl (C=O) groups is 2. The van der Waals surface area contributed by atoms with E-state index in [9.17, 15) is 18.4 Å². The minimum Gasteiger partial charge on any atom is -0.477 e. The molecular formula is C11H12F2N2O3. The van der Waals surface area contributed by atoms with Crippen LogP contribution in [0.3, 0.4) is 0 Å². The van der Waals surface area contributed by atoms with Crippen molar-refractivity contribution < 1.29 is 23.5 Å². The van der Waals surface area contributed by atoms with Crippen LogP contribution in [0.15, 0.2) is 18.3 Å². The first-order valence-corrected chi connectivity index (χ1v) is 5.22. The van der Waals surface area contributed by atoms with Crippen molar-refractivity contribution in [2.75, 3.05) is 13.1 Å². The summed E-state index contributed by atoms with van der Waals surface area (Å²) >= 11 is 0. The van der Waals surface area contributed by atoms with E-state index in [2.05, 4.69) is 4.98 Å². The summed E-state index contributed by atoms with van der Waals surface area (Å²) in [5, 5.41) is 8.63. The Bertz CT molecular complexity index is 434. The van der Waals surface area contributed by atoms with E-state index >= 15 is 0 Å². The maximum Gasteiger partial charge on any atom is 0.354 e. The van der Waals surface area contributed by atoms with Crippen molar-refractivity contribution in [2.24, 2.45) is 0 Å². The van der Waals surface area contributed by atoms with E-state index in [1.54, 1.807) is 6.92 Å². The van der Waals surface area contributed by atoms with Crippen LogP contribution in [-0.2, 0) is 0 Å². The Morgan fingerprint density at radius 1 is 1.44 bits per heavy atom. The molecule has 1 rings (SSSR count). The Balaban J connectivity index is 2.85. The Labute approximate surface area is 102 Å². The van der Waals surface area contributed by atoms with E-state index in [4.69, 9.17) is 5.11 Å². The van der Waals surface area contributed by atoms with Crippen molar-refractivity contribution >= 4 is 11.9 Å². The normalized spacial score (nSPS) is 10.4. The van der Waals surface area contributed by atoms with Gasteiger partial charge in [-0.25, -0.2) is 18.6 Å². The SMILES string of the molecule is CCN(CC(F)F)C(=O)c1ccc(C(=O)O)nc1.